The van der Waals surface area contributed by atoms with Gasteiger partial charge >= 0.3 is 0 Å². The Balaban J connectivity index is 2.00. The van der Waals surface area contributed by atoms with Gasteiger partial charge in [0, 0.05) is 16.1 Å². The molecule has 0 unspecified atom stereocenters. The predicted molar refractivity (Wildman–Crippen MR) is 88.5 cm³/mol. The van der Waals surface area contributed by atoms with Gasteiger partial charge in [-0.15, -0.1) is 0 Å². The highest BCUT2D eigenvalue weighted by Gasteiger charge is 2.07. The van der Waals surface area contributed by atoms with Crippen LogP contribution in [0.15, 0.2) is 48.5 Å². The third-order valence-corrected chi connectivity index (χ3v) is 3.67. The van der Waals surface area contributed by atoms with Crippen LogP contribution in [0.3, 0.4) is 0 Å². The van der Waals surface area contributed by atoms with E-state index in [1.54, 1.807) is 36.4 Å². The van der Waals surface area contributed by atoms with Crippen LogP contribution in [0.25, 0.3) is 6.08 Å². The van der Waals surface area contributed by atoms with Gasteiger partial charge in [-0.3, -0.25) is 4.79 Å². The summed E-state index contributed by atoms with van der Waals surface area (Å²) in [6.07, 6.45) is 3.01. The van der Waals surface area contributed by atoms with Gasteiger partial charge in [0.1, 0.15) is 5.82 Å². The van der Waals surface area contributed by atoms with Gasteiger partial charge in [-0.2, -0.15) is 0 Å². The summed E-state index contributed by atoms with van der Waals surface area (Å²) in [6.45, 7) is 1.83. The Kier molecular flexibility index (Phi) is 5.58. The molecule has 1 atom stereocenters. The van der Waals surface area contributed by atoms with Gasteiger partial charge in [0.25, 0.3) is 0 Å². The number of amides is 1. The lowest BCUT2D eigenvalue weighted by Crippen LogP contribution is -2.24. The molecular formula is C17H14Cl2FNO. The van der Waals surface area contributed by atoms with Crippen molar-refractivity contribution in [2.45, 2.75) is 13.0 Å². The molecule has 22 heavy (non-hydrogen) atoms. The molecule has 5 heteroatoms. The largest absolute Gasteiger partial charge is 0.346 e. The fourth-order valence-corrected chi connectivity index (χ4v) is 2.37. The summed E-state index contributed by atoms with van der Waals surface area (Å²) in [5.74, 6) is -0.567. The van der Waals surface area contributed by atoms with Crippen molar-refractivity contribution >= 4 is 35.2 Å². The minimum absolute atomic E-state index is 0.224. The molecule has 114 valence electrons. The highest BCUT2D eigenvalue weighted by Crippen LogP contribution is 2.22. The maximum atomic E-state index is 12.9. The second-order valence-electron chi connectivity index (χ2n) is 4.78. The van der Waals surface area contributed by atoms with E-state index in [9.17, 15) is 9.18 Å². The number of carbonyl (C=O) groups is 1. The molecule has 0 aliphatic heterocycles. The molecule has 2 aromatic carbocycles. The van der Waals surface area contributed by atoms with Gasteiger partial charge in [0.15, 0.2) is 0 Å². The average molecular weight is 338 g/mol. The Hall–Kier alpha value is -1.84. The Morgan fingerprint density at radius 2 is 1.86 bits per heavy atom. The van der Waals surface area contributed by atoms with Gasteiger partial charge in [-0.25, -0.2) is 4.39 Å². The van der Waals surface area contributed by atoms with Crippen molar-refractivity contribution in [3.63, 3.8) is 0 Å². The molecule has 0 radical (unpaired) electrons. The van der Waals surface area contributed by atoms with Crippen LogP contribution in [-0.2, 0) is 4.79 Å². The van der Waals surface area contributed by atoms with Gasteiger partial charge in [0.05, 0.1) is 6.04 Å². The summed E-state index contributed by atoms with van der Waals surface area (Å²) in [7, 11) is 0. The zero-order chi connectivity index (χ0) is 16.1. The SMILES string of the molecule is C[C@@H](NC(=O)/C=C/c1ccc(Cl)cc1Cl)c1ccc(F)cc1. The summed E-state index contributed by atoms with van der Waals surface area (Å²) < 4.78 is 12.9. The molecule has 1 amide bonds. The van der Waals surface area contributed by atoms with E-state index in [-0.39, 0.29) is 17.8 Å². The lowest BCUT2D eigenvalue weighted by molar-refractivity contribution is -0.117. The van der Waals surface area contributed by atoms with E-state index in [1.807, 2.05) is 6.92 Å². The van der Waals surface area contributed by atoms with E-state index < -0.39 is 0 Å². The Labute approximate surface area is 138 Å². The number of halogens is 3. The van der Waals surface area contributed by atoms with Crippen LogP contribution >= 0.6 is 23.2 Å². The molecule has 2 aromatic rings. The highest BCUT2D eigenvalue weighted by atomic mass is 35.5. The Morgan fingerprint density at radius 1 is 1.18 bits per heavy atom. The fraction of sp³-hybridized carbons (Fsp3) is 0.118. The average Bonchev–Trinajstić information content (AvgIpc) is 2.47. The number of hydrogen-bond acceptors (Lipinski definition) is 1. The van der Waals surface area contributed by atoms with Crippen molar-refractivity contribution in [1.29, 1.82) is 0 Å². The first-order valence-electron chi connectivity index (χ1n) is 6.65. The number of rotatable bonds is 4. The molecule has 1 N–H and O–H groups in total. The Bertz CT molecular complexity index is 698. The number of hydrogen-bond donors (Lipinski definition) is 1. The van der Waals surface area contributed by atoms with E-state index in [2.05, 4.69) is 5.32 Å². The fourth-order valence-electron chi connectivity index (χ4n) is 1.90. The maximum absolute atomic E-state index is 12.9. The smallest absolute Gasteiger partial charge is 0.244 e. The second kappa shape index (κ2) is 7.43. The molecule has 0 fully saturated rings. The van der Waals surface area contributed by atoms with Gasteiger partial charge in [-0.05, 0) is 48.4 Å². The minimum atomic E-state index is -0.306. The van der Waals surface area contributed by atoms with Crippen LogP contribution in [0.5, 0.6) is 0 Å². The third kappa shape index (κ3) is 4.58. The van der Waals surface area contributed by atoms with Crippen molar-refractivity contribution in [3.8, 4) is 0 Å². The summed E-state index contributed by atoms with van der Waals surface area (Å²) in [6, 6.07) is 10.8. The first-order chi connectivity index (χ1) is 10.5. The summed E-state index contributed by atoms with van der Waals surface area (Å²) in [5, 5.41) is 3.81. The van der Waals surface area contributed by atoms with E-state index in [1.165, 1.54) is 18.2 Å². The molecule has 0 bridgehead atoms. The van der Waals surface area contributed by atoms with Gasteiger partial charge in [0.2, 0.25) is 5.91 Å². The van der Waals surface area contributed by atoms with E-state index >= 15 is 0 Å². The Morgan fingerprint density at radius 3 is 2.50 bits per heavy atom. The van der Waals surface area contributed by atoms with Crippen LogP contribution in [0.2, 0.25) is 10.0 Å². The lowest BCUT2D eigenvalue weighted by atomic mass is 10.1. The standard InChI is InChI=1S/C17H14Cl2FNO/c1-11(12-3-7-15(20)8-4-12)21-17(22)9-5-13-2-6-14(18)10-16(13)19/h2-11H,1H3,(H,21,22)/b9-5+/t11-/m1/s1. The van der Waals surface area contributed by atoms with E-state index in [0.717, 1.165) is 5.56 Å². The normalized spacial score (nSPS) is 12.4. The molecule has 0 aliphatic rings. The quantitative estimate of drug-likeness (QED) is 0.779. The van der Waals surface area contributed by atoms with E-state index in [4.69, 9.17) is 23.2 Å². The lowest BCUT2D eigenvalue weighted by Gasteiger charge is -2.12. The van der Waals surface area contributed by atoms with Crippen LogP contribution in [0.4, 0.5) is 4.39 Å². The van der Waals surface area contributed by atoms with Gasteiger partial charge in [-0.1, -0.05) is 41.4 Å². The molecule has 0 saturated heterocycles. The van der Waals surface area contributed by atoms with Crippen molar-refractivity contribution < 1.29 is 9.18 Å². The van der Waals surface area contributed by atoms with Crippen molar-refractivity contribution in [1.82, 2.24) is 5.32 Å². The zero-order valence-corrected chi connectivity index (χ0v) is 13.3. The van der Waals surface area contributed by atoms with Crippen LogP contribution in [0.1, 0.15) is 24.1 Å². The first kappa shape index (κ1) is 16.5. The number of benzene rings is 2. The molecule has 0 aliphatic carbocycles. The summed E-state index contributed by atoms with van der Waals surface area (Å²) in [5.41, 5.74) is 1.53. The van der Waals surface area contributed by atoms with Gasteiger partial charge < -0.3 is 5.32 Å². The number of carbonyl (C=O) groups excluding carboxylic acids is 1. The van der Waals surface area contributed by atoms with Crippen LogP contribution in [-0.4, -0.2) is 5.91 Å². The highest BCUT2D eigenvalue weighted by molar-refractivity contribution is 6.35. The van der Waals surface area contributed by atoms with Crippen molar-refractivity contribution in [3.05, 3.63) is 75.5 Å². The maximum Gasteiger partial charge on any atom is 0.244 e. The van der Waals surface area contributed by atoms with Crippen LogP contribution in [0, 0.1) is 5.82 Å². The third-order valence-electron chi connectivity index (χ3n) is 3.11. The second-order valence-corrected chi connectivity index (χ2v) is 5.62. The van der Waals surface area contributed by atoms with Crippen molar-refractivity contribution in [2.24, 2.45) is 0 Å². The van der Waals surface area contributed by atoms with Crippen molar-refractivity contribution in [2.75, 3.05) is 0 Å². The molecular weight excluding hydrogens is 324 g/mol. The monoisotopic (exact) mass is 337 g/mol. The molecule has 2 nitrogen and oxygen atoms in total. The number of nitrogens with one attached hydrogen (secondary N) is 1. The molecule has 0 saturated carbocycles. The van der Waals surface area contributed by atoms with Crippen LogP contribution < -0.4 is 5.32 Å². The molecule has 0 spiro atoms. The van der Waals surface area contributed by atoms with E-state index in [0.29, 0.717) is 15.6 Å². The summed E-state index contributed by atoms with van der Waals surface area (Å²) >= 11 is 11.8. The minimum Gasteiger partial charge on any atom is -0.346 e. The molecule has 0 aromatic heterocycles. The zero-order valence-electron chi connectivity index (χ0n) is 11.8. The first-order valence-corrected chi connectivity index (χ1v) is 7.40. The summed E-state index contributed by atoms with van der Waals surface area (Å²) in [4.78, 5) is 11.9. The predicted octanol–water partition coefficient (Wildman–Crippen LogP) is 5.02. The molecule has 2 rings (SSSR count). The topological polar surface area (TPSA) is 29.1 Å². The molecule has 0 heterocycles.